The predicted octanol–water partition coefficient (Wildman–Crippen LogP) is 3.01. The Morgan fingerprint density at radius 1 is 1.17 bits per heavy atom. The van der Waals surface area contributed by atoms with Crippen LogP contribution in [0.3, 0.4) is 0 Å². The molecule has 1 aliphatic rings. The fraction of sp³-hybridized carbons (Fsp3) is 0.200. The van der Waals surface area contributed by atoms with Crippen LogP contribution in [0.2, 0.25) is 0 Å². The molecule has 0 atom stereocenters. The third kappa shape index (κ3) is 3.57. The molecule has 8 nitrogen and oxygen atoms in total. The van der Waals surface area contributed by atoms with Crippen molar-refractivity contribution in [1.82, 2.24) is 20.5 Å². The van der Waals surface area contributed by atoms with Crippen LogP contribution in [0.5, 0.6) is 0 Å². The van der Waals surface area contributed by atoms with Gasteiger partial charge in [0.1, 0.15) is 5.58 Å². The molecule has 1 amide bonds. The van der Waals surface area contributed by atoms with Gasteiger partial charge in [0, 0.05) is 37.8 Å². The summed E-state index contributed by atoms with van der Waals surface area (Å²) in [7, 11) is 0. The fourth-order valence-electron chi connectivity index (χ4n) is 3.34. The Bertz CT molecular complexity index is 1130. The summed E-state index contributed by atoms with van der Waals surface area (Å²) in [6.45, 7) is 3.57. The van der Waals surface area contributed by atoms with Crippen molar-refractivity contribution in [3.8, 4) is 10.8 Å². The smallest absolute Gasteiger partial charge is 0.286 e. The second-order valence-electron chi connectivity index (χ2n) is 6.64. The molecule has 0 radical (unpaired) electrons. The number of carbonyl (C=O) groups is 1. The maximum absolute atomic E-state index is 12.8. The van der Waals surface area contributed by atoms with Gasteiger partial charge >= 0.3 is 0 Å². The van der Waals surface area contributed by atoms with E-state index in [1.807, 2.05) is 36.4 Å². The molecule has 3 aromatic heterocycles. The van der Waals surface area contributed by atoms with Crippen molar-refractivity contribution in [2.75, 3.05) is 36.4 Å². The summed E-state index contributed by atoms with van der Waals surface area (Å²) in [5, 5.41) is 16.3. The highest BCUT2D eigenvalue weighted by Crippen LogP contribution is 2.31. The highest BCUT2D eigenvalue weighted by molar-refractivity contribution is 7.16. The molecule has 0 spiro atoms. The molecule has 1 saturated heterocycles. The van der Waals surface area contributed by atoms with Crippen LogP contribution in [0.15, 0.2) is 53.2 Å². The lowest BCUT2D eigenvalue weighted by Crippen LogP contribution is -2.43. The van der Waals surface area contributed by atoms with Crippen LogP contribution in [0.1, 0.15) is 9.80 Å². The van der Waals surface area contributed by atoms with Gasteiger partial charge in [-0.2, -0.15) is 0 Å². The number of aromatic nitrogens is 3. The summed E-state index contributed by atoms with van der Waals surface area (Å²) in [6.07, 6.45) is 3.40. The van der Waals surface area contributed by atoms with E-state index in [2.05, 4.69) is 30.7 Å². The van der Waals surface area contributed by atoms with Gasteiger partial charge in [0.05, 0.1) is 17.6 Å². The third-order valence-corrected chi connectivity index (χ3v) is 5.70. The summed E-state index contributed by atoms with van der Waals surface area (Å²) in [4.78, 5) is 19.2. The number of fused-ring (bicyclic) bond motifs is 1. The van der Waals surface area contributed by atoms with Crippen molar-refractivity contribution >= 4 is 39.6 Å². The SMILES string of the molecule is O=C(Nc1cnccc1N1CCNCC1)c1nnc(-c2cc3ccccc3o2)s1. The number of para-hydroxylation sites is 1. The van der Waals surface area contributed by atoms with Gasteiger partial charge < -0.3 is 20.0 Å². The Balaban J connectivity index is 1.37. The molecule has 1 aromatic carbocycles. The van der Waals surface area contributed by atoms with Gasteiger partial charge in [-0.1, -0.05) is 29.5 Å². The standard InChI is InChI=1S/C20H18N6O2S/c27-18(23-14-12-22-6-5-15(14)26-9-7-21-8-10-26)20-25-24-19(29-20)17-11-13-3-1-2-4-16(13)28-17/h1-6,11-12,21H,7-10H2,(H,23,27). The Morgan fingerprint density at radius 3 is 2.90 bits per heavy atom. The predicted molar refractivity (Wildman–Crippen MR) is 112 cm³/mol. The van der Waals surface area contributed by atoms with Gasteiger partial charge in [0.25, 0.3) is 5.91 Å². The van der Waals surface area contributed by atoms with Crippen molar-refractivity contribution in [2.45, 2.75) is 0 Å². The highest BCUT2D eigenvalue weighted by Gasteiger charge is 2.20. The minimum absolute atomic E-state index is 0.274. The van der Waals surface area contributed by atoms with E-state index in [1.165, 1.54) is 11.3 Å². The van der Waals surface area contributed by atoms with Crippen molar-refractivity contribution in [3.63, 3.8) is 0 Å². The Kier molecular flexibility index (Phi) is 4.66. The van der Waals surface area contributed by atoms with E-state index in [0.29, 0.717) is 16.5 Å². The zero-order valence-corrected chi connectivity index (χ0v) is 16.3. The first-order chi connectivity index (χ1) is 14.3. The Hall–Kier alpha value is -3.30. The van der Waals surface area contributed by atoms with E-state index in [4.69, 9.17) is 4.42 Å². The number of nitrogens with one attached hydrogen (secondary N) is 2. The number of benzene rings is 1. The average Bonchev–Trinajstić information content (AvgIpc) is 3.42. The van der Waals surface area contributed by atoms with E-state index >= 15 is 0 Å². The van der Waals surface area contributed by atoms with Crippen LogP contribution in [0, 0.1) is 0 Å². The van der Waals surface area contributed by atoms with Crippen LogP contribution >= 0.6 is 11.3 Å². The van der Waals surface area contributed by atoms with Crippen LogP contribution in [-0.4, -0.2) is 47.3 Å². The van der Waals surface area contributed by atoms with Gasteiger partial charge in [-0.05, 0) is 18.2 Å². The van der Waals surface area contributed by atoms with Crippen LogP contribution in [0.4, 0.5) is 11.4 Å². The normalized spacial score (nSPS) is 14.3. The van der Waals surface area contributed by atoms with Crippen molar-refractivity contribution in [2.24, 2.45) is 0 Å². The monoisotopic (exact) mass is 406 g/mol. The molecule has 0 saturated carbocycles. The second-order valence-corrected chi connectivity index (χ2v) is 7.62. The molecule has 146 valence electrons. The molecule has 2 N–H and O–H groups in total. The molecule has 4 aromatic rings. The third-order valence-electron chi connectivity index (χ3n) is 4.76. The van der Waals surface area contributed by atoms with E-state index in [0.717, 1.165) is 42.8 Å². The summed E-state index contributed by atoms with van der Waals surface area (Å²) < 4.78 is 5.82. The molecule has 9 heteroatoms. The fourth-order valence-corrected chi connectivity index (χ4v) is 4.03. The van der Waals surface area contributed by atoms with Gasteiger partial charge in [0.2, 0.25) is 5.01 Å². The Labute approximate surface area is 170 Å². The number of hydrogen-bond acceptors (Lipinski definition) is 8. The summed E-state index contributed by atoms with van der Waals surface area (Å²) in [5.41, 5.74) is 2.40. The topological polar surface area (TPSA) is 96.2 Å². The van der Waals surface area contributed by atoms with Crippen LogP contribution in [0.25, 0.3) is 21.7 Å². The number of carbonyl (C=O) groups excluding carboxylic acids is 1. The first-order valence-corrected chi connectivity index (χ1v) is 10.1. The summed E-state index contributed by atoms with van der Waals surface area (Å²) in [5.74, 6) is 0.292. The number of hydrogen-bond donors (Lipinski definition) is 2. The maximum Gasteiger partial charge on any atom is 0.286 e. The molecule has 1 fully saturated rings. The quantitative estimate of drug-likeness (QED) is 0.538. The first-order valence-electron chi connectivity index (χ1n) is 9.31. The minimum atomic E-state index is -0.311. The zero-order chi connectivity index (χ0) is 19.6. The number of pyridine rings is 1. The number of amides is 1. The van der Waals surface area contributed by atoms with Gasteiger partial charge in [-0.15, -0.1) is 10.2 Å². The second kappa shape index (κ2) is 7.61. The van der Waals surface area contributed by atoms with Crippen molar-refractivity contribution in [3.05, 3.63) is 53.8 Å². The largest absolute Gasteiger partial charge is 0.453 e. The van der Waals surface area contributed by atoms with Crippen LogP contribution in [-0.2, 0) is 0 Å². The molecule has 29 heavy (non-hydrogen) atoms. The van der Waals surface area contributed by atoms with Crippen LogP contribution < -0.4 is 15.5 Å². The number of nitrogens with zero attached hydrogens (tertiary/aromatic N) is 4. The minimum Gasteiger partial charge on any atom is -0.453 e. The zero-order valence-electron chi connectivity index (χ0n) is 15.5. The lowest BCUT2D eigenvalue weighted by atomic mass is 10.2. The first kappa shape index (κ1) is 17.8. The van der Waals surface area contributed by atoms with E-state index < -0.39 is 0 Å². The molecule has 0 unspecified atom stereocenters. The average molecular weight is 406 g/mol. The van der Waals surface area contributed by atoms with E-state index in [1.54, 1.807) is 12.4 Å². The van der Waals surface area contributed by atoms with Gasteiger partial charge in [-0.25, -0.2) is 0 Å². The van der Waals surface area contributed by atoms with Gasteiger partial charge in [0.15, 0.2) is 10.8 Å². The van der Waals surface area contributed by atoms with Gasteiger partial charge in [-0.3, -0.25) is 9.78 Å². The molecule has 4 heterocycles. The summed E-state index contributed by atoms with van der Waals surface area (Å²) in [6, 6.07) is 11.6. The van der Waals surface area contributed by atoms with E-state index in [-0.39, 0.29) is 10.9 Å². The number of furan rings is 1. The number of anilines is 2. The molecule has 5 rings (SSSR count). The molecule has 1 aliphatic heterocycles. The molecule has 0 aliphatic carbocycles. The van der Waals surface area contributed by atoms with Crippen molar-refractivity contribution < 1.29 is 9.21 Å². The lowest BCUT2D eigenvalue weighted by molar-refractivity contribution is 0.102. The Morgan fingerprint density at radius 2 is 2.03 bits per heavy atom. The summed E-state index contributed by atoms with van der Waals surface area (Å²) >= 11 is 1.20. The van der Waals surface area contributed by atoms with Crippen molar-refractivity contribution in [1.29, 1.82) is 0 Å². The lowest BCUT2D eigenvalue weighted by Gasteiger charge is -2.30. The number of rotatable bonds is 4. The number of piperazine rings is 1. The van der Waals surface area contributed by atoms with E-state index in [9.17, 15) is 4.79 Å². The molecular formula is C20H18N6O2S. The maximum atomic E-state index is 12.8. The highest BCUT2D eigenvalue weighted by atomic mass is 32.1. The molecular weight excluding hydrogens is 388 g/mol. The molecule has 0 bridgehead atoms.